The minimum absolute atomic E-state index is 0.238. The number of nitrogen functional groups attached to an aromatic ring is 1. The maximum atomic E-state index is 11.7. The molecule has 0 atom stereocenters. The molecule has 0 saturated carbocycles. The van der Waals surface area contributed by atoms with Crippen LogP contribution in [0.5, 0.6) is 0 Å². The summed E-state index contributed by atoms with van der Waals surface area (Å²) in [6.45, 7) is 3.95. The molecular weight excluding hydrogens is 258 g/mol. The van der Waals surface area contributed by atoms with E-state index in [1.807, 2.05) is 13.8 Å². The average molecular weight is 275 g/mol. The van der Waals surface area contributed by atoms with E-state index < -0.39 is 5.97 Å². The Bertz CT molecular complexity index is 636. The van der Waals surface area contributed by atoms with Gasteiger partial charge in [-0.1, -0.05) is 13.8 Å². The lowest BCUT2D eigenvalue weighted by molar-refractivity contribution is 0.0602. The van der Waals surface area contributed by atoms with Crippen LogP contribution in [0.15, 0.2) is 12.3 Å². The molecule has 0 spiro atoms. The minimum Gasteiger partial charge on any atom is -0.465 e. The summed E-state index contributed by atoms with van der Waals surface area (Å²) in [5, 5.41) is 4.37. The smallest absolute Gasteiger partial charge is 0.340 e. The lowest BCUT2D eigenvalue weighted by Crippen LogP contribution is -2.13. The van der Waals surface area contributed by atoms with Crippen LogP contribution in [0.3, 0.4) is 0 Å². The fourth-order valence-corrected chi connectivity index (χ4v) is 1.86. The number of rotatable bonds is 4. The van der Waals surface area contributed by atoms with Gasteiger partial charge in [-0.05, 0) is 6.07 Å². The molecule has 20 heavy (non-hydrogen) atoms. The lowest BCUT2D eigenvalue weighted by Gasteiger charge is -2.09. The van der Waals surface area contributed by atoms with Crippen LogP contribution in [-0.2, 0) is 17.6 Å². The number of ether oxygens (including phenoxy) is 1. The average Bonchev–Trinajstić information content (AvgIpc) is 2.90. The van der Waals surface area contributed by atoms with Gasteiger partial charge in [-0.15, -0.1) is 5.10 Å². The molecule has 0 fully saturated rings. The van der Waals surface area contributed by atoms with E-state index in [1.165, 1.54) is 19.4 Å². The fourth-order valence-electron chi connectivity index (χ4n) is 1.86. The minimum atomic E-state index is -0.500. The van der Waals surface area contributed by atoms with E-state index in [1.54, 1.807) is 4.68 Å². The largest absolute Gasteiger partial charge is 0.465 e. The molecular formula is C13H17N5O2. The molecule has 2 rings (SSSR count). The van der Waals surface area contributed by atoms with Crippen LogP contribution in [-0.4, -0.2) is 32.8 Å². The highest BCUT2D eigenvalue weighted by atomic mass is 16.5. The number of hydrogen-bond acceptors (Lipinski definition) is 6. The van der Waals surface area contributed by atoms with E-state index in [-0.39, 0.29) is 11.3 Å². The second-order valence-electron chi connectivity index (χ2n) is 4.15. The number of pyridine rings is 1. The first-order valence-corrected chi connectivity index (χ1v) is 6.40. The fraction of sp³-hybridized carbons (Fsp3) is 0.385. The topological polar surface area (TPSA) is 95.9 Å². The van der Waals surface area contributed by atoms with Crippen molar-refractivity contribution >= 4 is 11.7 Å². The molecule has 0 aliphatic rings. The highest BCUT2D eigenvalue weighted by Gasteiger charge is 2.18. The van der Waals surface area contributed by atoms with Crippen molar-refractivity contribution in [2.24, 2.45) is 0 Å². The molecule has 2 N–H and O–H groups in total. The summed E-state index contributed by atoms with van der Waals surface area (Å²) in [5.41, 5.74) is 6.52. The van der Waals surface area contributed by atoms with E-state index in [2.05, 4.69) is 15.1 Å². The molecule has 2 aromatic heterocycles. The Morgan fingerprint density at radius 3 is 2.75 bits per heavy atom. The van der Waals surface area contributed by atoms with Crippen LogP contribution in [0.1, 0.15) is 35.9 Å². The Morgan fingerprint density at radius 2 is 2.15 bits per heavy atom. The van der Waals surface area contributed by atoms with Gasteiger partial charge in [-0.2, -0.15) is 4.68 Å². The second-order valence-corrected chi connectivity index (χ2v) is 4.15. The highest BCUT2D eigenvalue weighted by molar-refractivity contribution is 5.96. The molecule has 0 aliphatic carbocycles. The lowest BCUT2D eigenvalue weighted by atomic mass is 10.2. The third-order valence-corrected chi connectivity index (χ3v) is 2.93. The third kappa shape index (κ3) is 2.34. The van der Waals surface area contributed by atoms with Crippen molar-refractivity contribution in [3.05, 3.63) is 29.5 Å². The second kappa shape index (κ2) is 5.68. The zero-order chi connectivity index (χ0) is 14.7. The molecule has 0 saturated heterocycles. The van der Waals surface area contributed by atoms with Gasteiger partial charge >= 0.3 is 5.97 Å². The number of aromatic nitrogens is 4. The summed E-state index contributed by atoms with van der Waals surface area (Å²) in [7, 11) is 1.31. The number of aryl methyl sites for hydroxylation is 2. The van der Waals surface area contributed by atoms with Gasteiger partial charge in [-0.3, -0.25) is 0 Å². The Balaban J connectivity index is 2.58. The molecule has 106 valence electrons. The molecule has 0 amide bonds. The number of anilines is 1. The molecule has 0 radical (unpaired) electrons. The van der Waals surface area contributed by atoms with Gasteiger partial charge in [0.15, 0.2) is 11.6 Å². The van der Waals surface area contributed by atoms with Crippen LogP contribution in [0.25, 0.3) is 5.82 Å². The van der Waals surface area contributed by atoms with Gasteiger partial charge in [0, 0.05) is 19.0 Å². The van der Waals surface area contributed by atoms with E-state index in [0.29, 0.717) is 18.1 Å². The normalized spacial score (nSPS) is 10.6. The van der Waals surface area contributed by atoms with Crippen LogP contribution in [0, 0.1) is 0 Å². The molecule has 7 nitrogen and oxygen atoms in total. The summed E-state index contributed by atoms with van der Waals surface area (Å²) >= 11 is 0. The first-order chi connectivity index (χ1) is 9.62. The van der Waals surface area contributed by atoms with Crippen LogP contribution in [0.2, 0.25) is 0 Å². The number of carbonyl (C=O) groups is 1. The maximum Gasteiger partial charge on any atom is 0.340 e. The number of esters is 1. The zero-order valence-corrected chi connectivity index (χ0v) is 11.8. The molecule has 0 unspecified atom stereocenters. The number of nitrogens with zero attached hydrogens (tertiary/aromatic N) is 4. The number of hydrogen-bond donors (Lipinski definition) is 1. The molecule has 2 heterocycles. The van der Waals surface area contributed by atoms with Gasteiger partial charge in [-0.25, -0.2) is 14.8 Å². The Kier molecular flexibility index (Phi) is 3.97. The summed E-state index contributed by atoms with van der Waals surface area (Å²) in [4.78, 5) is 20.3. The number of nitrogens with two attached hydrogens (primary N) is 1. The molecule has 7 heteroatoms. The Labute approximate surface area is 116 Å². The van der Waals surface area contributed by atoms with Gasteiger partial charge < -0.3 is 10.5 Å². The van der Waals surface area contributed by atoms with Crippen molar-refractivity contribution in [3.63, 3.8) is 0 Å². The molecule has 0 aliphatic heterocycles. The van der Waals surface area contributed by atoms with E-state index in [0.717, 1.165) is 12.2 Å². The quantitative estimate of drug-likeness (QED) is 0.841. The van der Waals surface area contributed by atoms with Gasteiger partial charge in [0.1, 0.15) is 5.82 Å². The van der Waals surface area contributed by atoms with Crippen LogP contribution < -0.4 is 5.73 Å². The van der Waals surface area contributed by atoms with Crippen molar-refractivity contribution in [2.45, 2.75) is 26.7 Å². The predicted octanol–water partition coefficient (Wildman–Crippen LogP) is 1.16. The third-order valence-electron chi connectivity index (χ3n) is 2.93. The van der Waals surface area contributed by atoms with Gasteiger partial charge in [0.05, 0.1) is 18.4 Å². The Morgan fingerprint density at radius 1 is 1.40 bits per heavy atom. The van der Waals surface area contributed by atoms with E-state index in [9.17, 15) is 4.79 Å². The first kappa shape index (κ1) is 14.0. The maximum absolute atomic E-state index is 11.7. The van der Waals surface area contributed by atoms with Crippen molar-refractivity contribution in [3.8, 4) is 5.82 Å². The summed E-state index contributed by atoms with van der Waals surface area (Å²) in [5.74, 6) is 1.37. The van der Waals surface area contributed by atoms with Crippen molar-refractivity contribution in [1.82, 2.24) is 19.7 Å². The van der Waals surface area contributed by atoms with Crippen molar-refractivity contribution in [1.29, 1.82) is 0 Å². The monoisotopic (exact) mass is 275 g/mol. The SMILES string of the molecule is CCc1nc(CC)n(-c2nccc(C(=O)OC)c2N)n1. The van der Waals surface area contributed by atoms with Crippen LogP contribution >= 0.6 is 0 Å². The highest BCUT2D eigenvalue weighted by Crippen LogP contribution is 2.20. The zero-order valence-electron chi connectivity index (χ0n) is 11.8. The summed E-state index contributed by atoms with van der Waals surface area (Å²) in [6.07, 6.45) is 2.91. The molecule has 0 aromatic carbocycles. The number of methoxy groups -OCH3 is 1. The van der Waals surface area contributed by atoms with Crippen molar-refractivity contribution < 1.29 is 9.53 Å². The van der Waals surface area contributed by atoms with Gasteiger partial charge in [0.25, 0.3) is 0 Å². The number of carbonyl (C=O) groups excluding carboxylic acids is 1. The van der Waals surface area contributed by atoms with Crippen LogP contribution in [0.4, 0.5) is 5.69 Å². The summed E-state index contributed by atoms with van der Waals surface area (Å²) < 4.78 is 6.28. The Hall–Kier alpha value is -2.44. The standard InChI is InChI=1S/C13H17N5O2/c1-4-9-16-10(5-2)18(17-9)12-11(14)8(6-7-15-12)13(19)20-3/h6-7H,4-5,14H2,1-3H3. The molecule has 0 bridgehead atoms. The van der Waals surface area contributed by atoms with E-state index >= 15 is 0 Å². The van der Waals surface area contributed by atoms with Crippen molar-refractivity contribution in [2.75, 3.05) is 12.8 Å². The predicted molar refractivity (Wildman–Crippen MR) is 73.7 cm³/mol. The van der Waals surface area contributed by atoms with E-state index in [4.69, 9.17) is 10.5 Å². The first-order valence-electron chi connectivity index (χ1n) is 6.40. The van der Waals surface area contributed by atoms with Gasteiger partial charge in [0.2, 0.25) is 0 Å². The molecule has 2 aromatic rings. The summed E-state index contributed by atoms with van der Waals surface area (Å²) in [6, 6.07) is 1.52.